The van der Waals surface area contributed by atoms with Gasteiger partial charge >= 0.3 is 6.18 Å². The van der Waals surface area contributed by atoms with E-state index in [9.17, 15) is 18.0 Å². The van der Waals surface area contributed by atoms with E-state index in [1.807, 2.05) is 0 Å². The summed E-state index contributed by atoms with van der Waals surface area (Å²) in [6, 6.07) is 7.30. The molecule has 2 rings (SSSR count). The predicted octanol–water partition coefficient (Wildman–Crippen LogP) is 3.50. The van der Waals surface area contributed by atoms with Gasteiger partial charge in [0.05, 0.1) is 33.1 Å². The first-order chi connectivity index (χ1) is 12.8. The van der Waals surface area contributed by atoms with Gasteiger partial charge in [0.1, 0.15) is 0 Å². The number of halogens is 3. The minimum atomic E-state index is -4.54. The lowest BCUT2D eigenvalue weighted by Gasteiger charge is -2.13. The molecule has 2 aromatic carbocycles. The molecule has 0 aliphatic carbocycles. The molecule has 0 fully saturated rings. The molecule has 2 aromatic rings. The Morgan fingerprint density at radius 2 is 1.74 bits per heavy atom. The number of carbonyl (C=O) groups excluding carboxylic acids is 1. The van der Waals surface area contributed by atoms with Crippen molar-refractivity contribution < 1.29 is 32.2 Å². The summed E-state index contributed by atoms with van der Waals surface area (Å²) < 4.78 is 53.8. The van der Waals surface area contributed by atoms with Gasteiger partial charge in [0, 0.05) is 11.1 Å². The largest absolute Gasteiger partial charge is 0.493 e. The lowest BCUT2D eigenvalue weighted by atomic mass is 10.1. The van der Waals surface area contributed by atoms with Crippen molar-refractivity contribution in [3.05, 3.63) is 53.1 Å². The van der Waals surface area contributed by atoms with Crippen LogP contribution < -0.4 is 19.6 Å². The summed E-state index contributed by atoms with van der Waals surface area (Å²) in [5.74, 6) is 0.332. The Morgan fingerprint density at radius 3 is 2.33 bits per heavy atom. The number of nitrogens with zero attached hydrogens (tertiary/aromatic N) is 1. The highest BCUT2D eigenvalue weighted by molar-refractivity contribution is 5.95. The number of benzene rings is 2. The van der Waals surface area contributed by atoms with Gasteiger partial charge in [0.15, 0.2) is 11.5 Å². The number of amides is 1. The number of hydrogen-bond donors (Lipinski definition) is 1. The molecule has 9 heteroatoms. The van der Waals surface area contributed by atoms with Crippen LogP contribution in [0.25, 0.3) is 0 Å². The summed E-state index contributed by atoms with van der Waals surface area (Å²) in [4.78, 5) is 12.0. The second-order valence-electron chi connectivity index (χ2n) is 5.20. The molecular formula is C18H17F3N2O4. The van der Waals surface area contributed by atoms with E-state index in [0.29, 0.717) is 22.8 Å². The van der Waals surface area contributed by atoms with E-state index in [-0.39, 0.29) is 5.56 Å². The first-order valence-corrected chi connectivity index (χ1v) is 7.61. The van der Waals surface area contributed by atoms with Crippen LogP contribution in [0.5, 0.6) is 17.2 Å². The molecule has 1 amide bonds. The highest BCUT2D eigenvalue weighted by atomic mass is 19.4. The lowest BCUT2D eigenvalue weighted by molar-refractivity contribution is -0.137. The van der Waals surface area contributed by atoms with Crippen molar-refractivity contribution in [1.29, 1.82) is 0 Å². The van der Waals surface area contributed by atoms with E-state index in [0.717, 1.165) is 18.2 Å². The lowest BCUT2D eigenvalue weighted by Crippen LogP contribution is -2.18. The van der Waals surface area contributed by atoms with E-state index >= 15 is 0 Å². The van der Waals surface area contributed by atoms with E-state index in [4.69, 9.17) is 14.2 Å². The number of hydrogen-bond acceptors (Lipinski definition) is 5. The zero-order valence-corrected chi connectivity index (χ0v) is 14.8. The number of nitrogens with one attached hydrogen (secondary N) is 1. The monoisotopic (exact) mass is 382 g/mol. The fourth-order valence-corrected chi connectivity index (χ4v) is 2.29. The van der Waals surface area contributed by atoms with Crippen molar-refractivity contribution in [2.45, 2.75) is 6.18 Å². The summed E-state index contributed by atoms with van der Waals surface area (Å²) >= 11 is 0. The standard InChI is InChI=1S/C18H17F3N2O4/c1-25-14-8-7-12(15(26-2)16(14)27-3)10-22-23-17(24)11-5-4-6-13(9-11)18(19,20)21/h4-10H,1-3H3,(H,23,24). The molecule has 0 saturated carbocycles. The van der Waals surface area contributed by atoms with Gasteiger partial charge in [-0.1, -0.05) is 6.07 Å². The van der Waals surface area contributed by atoms with E-state index in [1.165, 1.54) is 33.6 Å². The van der Waals surface area contributed by atoms with Crippen LogP contribution in [0, 0.1) is 0 Å². The number of carbonyl (C=O) groups is 1. The maximum atomic E-state index is 12.7. The molecule has 0 bridgehead atoms. The third-order valence-electron chi connectivity index (χ3n) is 3.56. The van der Waals surface area contributed by atoms with Crippen LogP contribution in [0.1, 0.15) is 21.5 Å². The highest BCUT2D eigenvalue weighted by Gasteiger charge is 2.30. The normalized spacial score (nSPS) is 11.3. The molecular weight excluding hydrogens is 365 g/mol. The van der Waals surface area contributed by atoms with Crippen molar-refractivity contribution in [2.24, 2.45) is 5.10 Å². The van der Waals surface area contributed by atoms with Crippen molar-refractivity contribution in [3.8, 4) is 17.2 Å². The Bertz CT molecular complexity index is 851. The molecule has 0 radical (unpaired) electrons. The Kier molecular flexibility index (Phi) is 6.27. The number of methoxy groups -OCH3 is 3. The summed E-state index contributed by atoms with van der Waals surface area (Å²) in [7, 11) is 4.34. The first-order valence-electron chi connectivity index (χ1n) is 7.61. The highest BCUT2D eigenvalue weighted by Crippen LogP contribution is 2.39. The van der Waals surface area contributed by atoms with Crippen molar-refractivity contribution >= 4 is 12.1 Å². The van der Waals surface area contributed by atoms with Crippen molar-refractivity contribution in [2.75, 3.05) is 21.3 Å². The van der Waals surface area contributed by atoms with Crippen molar-refractivity contribution in [3.63, 3.8) is 0 Å². The second-order valence-corrected chi connectivity index (χ2v) is 5.20. The van der Waals surface area contributed by atoms with Gasteiger partial charge < -0.3 is 14.2 Å². The summed E-state index contributed by atoms with van der Waals surface area (Å²) in [5, 5.41) is 3.77. The molecule has 144 valence electrons. The van der Waals surface area contributed by atoms with Crippen LogP contribution in [0.3, 0.4) is 0 Å². The van der Waals surface area contributed by atoms with Gasteiger partial charge in [-0.15, -0.1) is 0 Å². The number of rotatable bonds is 6. The molecule has 6 nitrogen and oxygen atoms in total. The zero-order chi connectivity index (χ0) is 20.0. The molecule has 0 heterocycles. The minimum absolute atomic E-state index is 0.166. The smallest absolute Gasteiger partial charge is 0.416 e. The summed E-state index contributed by atoms with van der Waals surface area (Å²) in [6.07, 6.45) is -3.25. The summed E-state index contributed by atoms with van der Waals surface area (Å²) in [6.45, 7) is 0. The SMILES string of the molecule is COc1ccc(C=NNC(=O)c2cccc(C(F)(F)F)c2)c(OC)c1OC. The molecule has 0 aliphatic heterocycles. The van der Waals surface area contributed by atoms with Gasteiger partial charge in [-0.25, -0.2) is 5.43 Å². The van der Waals surface area contributed by atoms with Crippen molar-refractivity contribution in [1.82, 2.24) is 5.43 Å². The topological polar surface area (TPSA) is 69.2 Å². The third kappa shape index (κ3) is 4.69. The van der Waals surface area contributed by atoms with Crippen LogP contribution in [0.4, 0.5) is 13.2 Å². The molecule has 0 aromatic heterocycles. The van der Waals surface area contributed by atoms with Gasteiger partial charge in [0.2, 0.25) is 5.75 Å². The number of hydrazone groups is 1. The number of ether oxygens (including phenoxy) is 3. The van der Waals surface area contributed by atoms with E-state index in [2.05, 4.69) is 10.5 Å². The minimum Gasteiger partial charge on any atom is -0.493 e. The summed E-state index contributed by atoms with van der Waals surface area (Å²) in [5.41, 5.74) is 1.57. The maximum Gasteiger partial charge on any atom is 0.416 e. The molecule has 1 N–H and O–H groups in total. The Morgan fingerprint density at radius 1 is 1.04 bits per heavy atom. The molecule has 0 aliphatic rings. The van der Waals surface area contributed by atoms with Crippen LogP contribution in [-0.2, 0) is 6.18 Å². The Labute approximate surface area is 153 Å². The van der Waals surface area contributed by atoms with Gasteiger partial charge in [-0.3, -0.25) is 4.79 Å². The average molecular weight is 382 g/mol. The van der Waals surface area contributed by atoms with E-state index in [1.54, 1.807) is 12.1 Å². The quantitative estimate of drug-likeness (QED) is 0.613. The van der Waals surface area contributed by atoms with E-state index < -0.39 is 17.6 Å². The molecule has 0 spiro atoms. The Balaban J connectivity index is 2.19. The molecule has 0 atom stereocenters. The average Bonchev–Trinajstić information content (AvgIpc) is 2.66. The molecule has 0 saturated heterocycles. The van der Waals surface area contributed by atoms with Gasteiger partial charge in [-0.05, 0) is 30.3 Å². The zero-order valence-electron chi connectivity index (χ0n) is 14.8. The van der Waals surface area contributed by atoms with Crippen LogP contribution in [0.15, 0.2) is 41.5 Å². The predicted molar refractivity (Wildman–Crippen MR) is 92.6 cm³/mol. The first kappa shape index (κ1) is 20.1. The van der Waals surface area contributed by atoms with Crippen LogP contribution >= 0.6 is 0 Å². The van der Waals surface area contributed by atoms with Crippen LogP contribution in [0.2, 0.25) is 0 Å². The fraction of sp³-hybridized carbons (Fsp3) is 0.222. The molecule has 27 heavy (non-hydrogen) atoms. The fourth-order valence-electron chi connectivity index (χ4n) is 2.29. The maximum absolute atomic E-state index is 12.7. The van der Waals surface area contributed by atoms with Gasteiger partial charge in [0.25, 0.3) is 5.91 Å². The van der Waals surface area contributed by atoms with Gasteiger partial charge in [-0.2, -0.15) is 18.3 Å². The third-order valence-corrected chi connectivity index (χ3v) is 3.56. The van der Waals surface area contributed by atoms with Crippen LogP contribution in [-0.4, -0.2) is 33.5 Å². The second kappa shape index (κ2) is 8.43. The molecule has 0 unspecified atom stereocenters. The Hall–Kier alpha value is -3.23. The number of alkyl halides is 3.